The molecule has 2 rings (SSSR count). The standard InChI is InChI=1S/C17H24N4O.HI/c1-3-22-16-9-5-4-8-15(16)14-20-17(18-2)19-10-13-21-11-6-7-12-21;/h4-9,11-12H,3,10,13-14H2,1-2H3,(H2,18,19,20);1H. The van der Waals surface area contributed by atoms with Crippen molar-refractivity contribution in [3.05, 3.63) is 54.4 Å². The van der Waals surface area contributed by atoms with Gasteiger partial charge >= 0.3 is 0 Å². The number of halogens is 1. The third-order valence-electron chi connectivity index (χ3n) is 3.27. The molecule has 0 bridgehead atoms. The molecule has 2 N–H and O–H groups in total. The minimum Gasteiger partial charge on any atom is -0.494 e. The Morgan fingerprint density at radius 1 is 1.13 bits per heavy atom. The Balaban J connectivity index is 0.00000264. The zero-order valence-corrected chi connectivity index (χ0v) is 16.0. The highest BCUT2D eigenvalue weighted by Gasteiger charge is 2.03. The largest absolute Gasteiger partial charge is 0.494 e. The highest BCUT2D eigenvalue weighted by molar-refractivity contribution is 14.0. The highest BCUT2D eigenvalue weighted by Crippen LogP contribution is 2.17. The Kier molecular flexibility index (Phi) is 9.20. The zero-order valence-electron chi connectivity index (χ0n) is 13.7. The first-order valence-electron chi connectivity index (χ1n) is 7.59. The van der Waals surface area contributed by atoms with Crippen LogP contribution in [0, 0.1) is 0 Å². The molecule has 0 saturated carbocycles. The van der Waals surface area contributed by atoms with Gasteiger partial charge in [0.1, 0.15) is 5.75 Å². The summed E-state index contributed by atoms with van der Waals surface area (Å²) < 4.78 is 7.76. The van der Waals surface area contributed by atoms with Crippen molar-refractivity contribution in [2.45, 2.75) is 20.0 Å². The van der Waals surface area contributed by atoms with Crippen molar-refractivity contribution in [2.24, 2.45) is 4.99 Å². The molecule has 0 amide bonds. The van der Waals surface area contributed by atoms with Crippen LogP contribution < -0.4 is 15.4 Å². The predicted octanol–water partition coefficient (Wildman–Crippen LogP) is 2.87. The zero-order chi connectivity index (χ0) is 15.6. The first-order valence-corrected chi connectivity index (χ1v) is 7.59. The number of nitrogens with zero attached hydrogens (tertiary/aromatic N) is 2. The molecule has 1 aromatic heterocycles. The summed E-state index contributed by atoms with van der Waals surface area (Å²) in [6, 6.07) is 12.1. The number of aromatic nitrogens is 1. The van der Waals surface area contributed by atoms with Crippen molar-refractivity contribution in [2.75, 3.05) is 20.2 Å². The summed E-state index contributed by atoms with van der Waals surface area (Å²) in [4.78, 5) is 4.24. The van der Waals surface area contributed by atoms with Crippen molar-refractivity contribution < 1.29 is 4.74 Å². The van der Waals surface area contributed by atoms with Gasteiger partial charge in [-0.05, 0) is 25.1 Å². The van der Waals surface area contributed by atoms with Crippen molar-refractivity contribution >= 4 is 29.9 Å². The van der Waals surface area contributed by atoms with Gasteiger partial charge in [-0.25, -0.2) is 0 Å². The van der Waals surface area contributed by atoms with E-state index in [1.165, 1.54) is 0 Å². The number of hydrogen-bond donors (Lipinski definition) is 2. The third kappa shape index (κ3) is 6.52. The smallest absolute Gasteiger partial charge is 0.191 e. The van der Waals surface area contributed by atoms with Crippen LogP contribution in [-0.2, 0) is 13.1 Å². The molecular formula is C17H25IN4O. The van der Waals surface area contributed by atoms with Crippen molar-refractivity contribution in [1.29, 1.82) is 0 Å². The average Bonchev–Trinajstić information content (AvgIpc) is 3.05. The van der Waals surface area contributed by atoms with Gasteiger partial charge in [0, 0.05) is 44.6 Å². The van der Waals surface area contributed by atoms with E-state index in [1.54, 1.807) is 7.05 Å². The number of benzene rings is 1. The lowest BCUT2D eigenvalue weighted by Gasteiger charge is -2.14. The highest BCUT2D eigenvalue weighted by atomic mass is 127. The molecule has 0 aliphatic heterocycles. The minimum absolute atomic E-state index is 0. The number of ether oxygens (including phenoxy) is 1. The molecule has 2 aromatic rings. The molecule has 126 valence electrons. The van der Waals surface area contributed by atoms with E-state index in [2.05, 4.69) is 38.7 Å². The number of para-hydroxylation sites is 1. The molecule has 23 heavy (non-hydrogen) atoms. The van der Waals surface area contributed by atoms with Crippen molar-refractivity contribution in [3.63, 3.8) is 0 Å². The monoisotopic (exact) mass is 428 g/mol. The first kappa shape index (κ1) is 19.3. The Hall–Kier alpha value is -1.70. The molecule has 1 aromatic carbocycles. The molecule has 0 unspecified atom stereocenters. The lowest BCUT2D eigenvalue weighted by molar-refractivity contribution is 0.336. The predicted molar refractivity (Wildman–Crippen MR) is 106 cm³/mol. The van der Waals surface area contributed by atoms with Crippen LogP contribution in [0.2, 0.25) is 0 Å². The van der Waals surface area contributed by atoms with Crippen LogP contribution >= 0.6 is 24.0 Å². The van der Waals surface area contributed by atoms with Crippen LogP contribution in [0.3, 0.4) is 0 Å². The van der Waals surface area contributed by atoms with E-state index in [0.29, 0.717) is 13.2 Å². The summed E-state index contributed by atoms with van der Waals surface area (Å²) in [5.41, 5.74) is 1.12. The molecule has 0 aliphatic rings. The van der Waals surface area contributed by atoms with E-state index in [1.807, 2.05) is 37.3 Å². The van der Waals surface area contributed by atoms with Gasteiger partial charge in [0.05, 0.1) is 6.61 Å². The molecule has 0 radical (unpaired) electrons. The van der Waals surface area contributed by atoms with E-state index >= 15 is 0 Å². The quantitative estimate of drug-likeness (QED) is 0.405. The van der Waals surface area contributed by atoms with E-state index in [4.69, 9.17) is 4.74 Å². The van der Waals surface area contributed by atoms with E-state index < -0.39 is 0 Å². The second-order valence-electron chi connectivity index (χ2n) is 4.81. The maximum Gasteiger partial charge on any atom is 0.191 e. The van der Waals surface area contributed by atoms with Crippen molar-refractivity contribution in [1.82, 2.24) is 15.2 Å². The average molecular weight is 428 g/mol. The Bertz CT molecular complexity index is 584. The summed E-state index contributed by atoms with van der Waals surface area (Å²) in [6.07, 6.45) is 4.10. The molecule has 0 atom stereocenters. The normalized spacial score (nSPS) is 10.8. The molecule has 0 spiro atoms. The summed E-state index contributed by atoms with van der Waals surface area (Å²) in [7, 11) is 1.78. The van der Waals surface area contributed by atoms with Crippen LogP contribution in [0.25, 0.3) is 0 Å². The molecule has 0 fully saturated rings. The van der Waals surface area contributed by atoms with Gasteiger partial charge in [0.15, 0.2) is 5.96 Å². The maximum atomic E-state index is 5.63. The summed E-state index contributed by atoms with van der Waals surface area (Å²) >= 11 is 0. The van der Waals surface area contributed by atoms with Crippen LogP contribution in [-0.4, -0.2) is 30.7 Å². The summed E-state index contributed by atoms with van der Waals surface area (Å²) in [5, 5.41) is 6.62. The Morgan fingerprint density at radius 3 is 2.57 bits per heavy atom. The number of hydrogen-bond acceptors (Lipinski definition) is 2. The van der Waals surface area contributed by atoms with Gasteiger partial charge in [-0.1, -0.05) is 18.2 Å². The lowest BCUT2D eigenvalue weighted by Crippen LogP contribution is -2.38. The molecule has 6 heteroatoms. The number of nitrogens with one attached hydrogen (secondary N) is 2. The second kappa shape index (κ2) is 10.9. The summed E-state index contributed by atoms with van der Waals surface area (Å²) in [5.74, 6) is 1.71. The first-order chi connectivity index (χ1) is 10.8. The van der Waals surface area contributed by atoms with Gasteiger partial charge in [-0.2, -0.15) is 0 Å². The fourth-order valence-electron chi connectivity index (χ4n) is 2.17. The molecule has 0 saturated heterocycles. The Labute approximate surface area is 155 Å². The molecule has 1 heterocycles. The van der Waals surface area contributed by atoms with Gasteiger partial charge < -0.3 is 19.9 Å². The maximum absolute atomic E-state index is 5.63. The molecule has 5 nitrogen and oxygen atoms in total. The van der Waals surface area contributed by atoms with E-state index in [9.17, 15) is 0 Å². The molecular weight excluding hydrogens is 403 g/mol. The third-order valence-corrected chi connectivity index (χ3v) is 3.27. The van der Waals surface area contributed by atoms with Crippen LogP contribution in [0.15, 0.2) is 53.8 Å². The van der Waals surface area contributed by atoms with E-state index in [0.717, 1.165) is 30.4 Å². The second-order valence-corrected chi connectivity index (χ2v) is 4.81. The van der Waals surface area contributed by atoms with Crippen molar-refractivity contribution in [3.8, 4) is 5.75 Å². The topological polar surface area (TPSA) is 50.6 Å². The fourth-order valence-corrected chi connectivity index (χ4v) is 2.17. The Morgan fingerprint density at radius 2 is 1.87 bits per heavy atom. The fraction of sp³-hybridized carbons (Fsp3) is 0.353. The number of aliphatic imine (C=N–C) groups is 1. The van der Waals surface area contributed by atoms with Crippen LogP contribution in [0.4, 0.5) is 0 Å². The molecule has 0 aliphatic carbocycles. The van der Waals surface area contributed by atoms with Crippen LogP contribution in [0.5, 0.6) is 5.75 Å². The number of guanidine groups is 1. The van der Waals surface area contributed by atoms with Gasteiger partial charge in [0.25, 0.3) is 0 Å². The van der Waals surface area contributed by atoms with Crippen LogP contribution in [0.1, 0.15) is 12.5 Å². The van der Waals surface area contributed by atoms with Gasteiger partial charge in [-0.15, -0.1) is 24.0 Å². The number of rotatable bonds is 7. The SMILES string of the molecule is CCOc1ccccc1CNC(=NC)NCCn1cccc1.I. The van der Waals surface area contributed by atoms with E-state index in [-0.39, 0.29) is 24.0 Å². The minimum atomic E-state index is 0. The lowest BCUT2D eigenvalue weighted by atomic mass is 10.2. The van der Waals surface area contributed by atoms with Gasteiger partial charge in [-0.3, -0.25) is 4.99 Å². The summed E-state index contributed by atoms with van der Waals surface area (Å²) in [6.45, 7) is 5.07. The van der Waals surface area contributed by atoms with Gasteiger partial charge in [0.2, 0.25) is 0 Å².